The highest BCUT2D eigenvalue weighted by molar-refractivity contribution is 6.19. The van der Waals surface area contributed by atoms with E-state index in [9.17, 15) is 9.65 Å². The third-order valence-electron chi connectivity index (χ3n) is 6.67. The lowest BCUT2D eigenvalue weighted by molar-refractivity contribution is 0.260. The zero-order valence-electron chi connectivity index (χ0n) is 21.1. The maximum absolute atomic E-state index is 13.8. The van der Waals surface area contributed by atoms with Crippen LogP contribution in [0.1, 0.15) is 44.7 Å². The van der Waals surface area contributed by atoms with Crippen LogP contribution in [0.3, 0.4) is 0 Å². The molecule has 1 aliphatic heterocycles. The predicted octanol–water partition coefficient (Wildman–Crippen LogP) is 3.93. The van der Waals surface area contributed by atoms with E-state index in [0.29, 0.717) is 18.2 Å². The molecule has 2 heterocycles. The van der Waals surface area contributed by atoms with E-state index >= 15 is 0 Å². The number of hydrazine groups is 2. The molecule has 2 aliphatic rings. The van der Waals surface area contributed by atoms with Gasteiger partial charge in [-0.2, -0.15) is 5.26 Å². The molecule has 0 unspecified atom stereocenters. The summed E-state index contributed by atoms with van der Waals surface area (Å²) < 4.78 is 13.8. The van der Waals surface area contributed by atoms with E-state index in [0.717, 1.165) is 46.4 Å². The fraction of sp³-hybridized carbons (Fsp3) is 0.333. The number of benzene rings is 2. The second kappa shape index (κ2) is 9.03. The van der Waals surface area contributed by atoms with E-state index in [1.165, 1.54) is 12.1 Å². The van der Waals surface area contributed by atoms with Gasteiger partial charge < -0.3 is 16.1 Å². The number of hydrogen-bond donors (Lipinski definition) is 4. The van der Waals surface area contributed by atoms with Crippen LogP contribution in [0.15, 0.2) is 60.6 Å². The smallest absolute Gasteiger partial charge is 0.148 e. The summed E-state index contributed by atoms with van der Waals surface area (Å²) in [4.78, 5) is 4.50. The Hall–Kier alpha value is -3.77. The first-order valence-corrected chi connectivity index (χ1v) is 12.3. The zero-order chi connectivity index (χ0) is 25.5. The van der Waals surface area contributed by atoms with Crippen molar-refractivity contribution in [3.63, 3.8) is 0 Å². The van der Waals surface area contributed by atoms with Crippen LogP contribution in [-0.2, 0) is 5.44 Å². The van der Waals surface area contributed by atoms with Crippen LogP contribution in [0.25, 0.3) is 10.9 Å². The molecule has 1 aliphatic carbocycles. The van der Waals surface area contributed by atoms with Crippen molar-refractivity contribution in [3.05, 3.63) is 77.5 Å². The summed E-state index contributed by atoms with van der Waals surface area (Å²) in [6.07, 6.45) is 6.01. The first-order valence-electron chi connectivity index (χ1n) is 12.3. The molecule has 0 saturated heterocycles. The molecular formula is C27H31BFN7. The third kappa shape index (κ3) is 4.82. The van der Waals surface area contributed by atoms with Gasteiger partial charge in [0.25, 0.3) is 0 Å². The van der Waals surface area contributed by atoms with E-state index in [1.807, 2.05) is 18.2 Å². The van der Waals surface area contributed by atoms with Crippen LogP contribution < -0.4 is 21.6 Å². The van der Waals surface area contributed by atoms with Crippen molar-refractivity contribution in [2.45, 2.75) is 45.1 Å². The Morgan fingerprint density at radius 1 is 1.19 bits per heavy atom. The zero-order valence-corrected chi connectivity index (χ0v) is 21.1. The molecule has 0 radical (unpaired) electrons. The van der Waals surface area contributed by atoms with Gasteiger partial charge in [-0.15, -0.1) is 5.53 Å². The van der Waals surface area contributed by atoms with E-state index in [4.69, 9.17) is 0 Å². The molecule has 9 heteroatoms. The highest BCUT2D eigenvalue weighted by Crippen LogP contribution is 2.36. The van der Waals surface area contributed by atoms with E-state index in [-0.39, 0.29) is 11.2 Å². The SMILES string of the molecule is B[C@@](Nc1ccc2ncc(C#N)c(NCC(C)(C)C)c2c1)(C1=CN(C2CC2)NN1)c1ccc(F)cc1. The number of nitrogens with zero attached hydrogens (tertiary/aromatic N) is 3. The number of halogens is 1. The molecule has 3 aromatic rings. The third-order valence-corrected chi connectivity index (χ3v) is 6.67. The molecule has 7 nitrogen and oxygen atoms in total. The van der Waals surface area contributed by atoms with Crippen molar-refractivity contribution in [2.24, 2.45) is 5.41 Å². The number of fused-ring (bicyclic) bond motifs is 1. The lowest BCUT2D eigenvalue weighted by Crippen LogP contribution is -2.45. The molecule has 0 amide bonds. The van der Waals surface area contributed by atoms with Gasteiger partial charge in [0.05, 0.1) is 27.9 Å². The molecule has 1 fully saturated rings. The van der Waals surface area contributed by atoms with Crippen LogP contribution in [0.4, 0.5) is 15.8 Å². The Balaban J connectivity index is 1.56. The second-order valence-electron chi connectivity index (χ2n) is 11.0. The van der Waals surface area contributed by atoms with Gasteiger partial charge in [0.1, 0.15) is 19.7 Å². The quantitative estimate of drug-likeness (QED) is 0.379. The minimum atomic E-state index is -0.683. The van der Waals surface area contributed by atoms with Crippen LogP contribution in [0.2, 0.25) is 0 Å². The van der Waals surface area contributed by atoms with Crippen LogP contribution in [0.5, 0.6) is 0 Å². The molecule has 0 spiro atoms. The maximum Gasteiger partial charge on any atom is 0.148 e. The molecule has 1 aromatic heterocycles. The monoisotopic (exact) mass is 483 g/mol. The first-order chi connectivity index (χ1) is 17.2. The van der Waals surface area contributed by atoms with Gasteiger partial charge in [0.2, 0.25) is 0 Å². The van der Waals surface area contributed by atoms with E-state index in [2.05, 4.69) is 72.5 Å². The number of aromatic nitrogens is 1. The number of anilines is 2. The normalized spacial score (nSPS) is 17.2. The van der Waals surface area contributed by atoms with Gasteiger partial charge in [-0.05, 0) is 54.2 Å². The standard InChI is InChI=1S/C27H31BFN7/c1-26(2,3)16-32-25-17(13-30)14-31-23-11-8-20(12-22(23)25)33-27(28,18-4-6-19(29)7-5-18)24-15-36(35-34-24)21-9-10-21/h4-8,11-12,14-15,21,33-35H,9-10,16,28H2,1-3H3,(H,31,32)/t27-/m0/s1. The highest BCUT2D eigenvalue weighted by atomic mass is 19.1. The first kappa shape index (κ1) is 24.0. The van der Waals surface area contributed by atoms with E-state index in [1.54, 1.807) is 18.3 Å². The minimum absolute atomic E-state index is 0.0420. The summed E-state index contributed by atoms with van der Waals surface area (Å²) in [5, 5.41) is 19.9. The lowest BCUT2D eigenvalue weighted by Gasteiger charge is -2.34. The number of nitrogens with one attached hydrogen (secondary N) is 4. The van der Waals surface area contributed by atoms with Gasteiger partial charge in [0.15, 0.2) is 0 Å². The van der Waals surface area contributed by atoms with Crippen molar-refractivity contribution in [3.8, 4) is 6.07 Å². The van der Waals surface area contributed by atoms with Crippen molar-refractivity contribution in [1.29, 1.82) is 5.26 Å². The van der Waals surface area contributed by atoms with Crippen molar-refractivity contribution in [2.75, 3.05) is 17.2 Å². The molecular weight excluding hydrogens is 452 g/mol. The summed E-state index contributed by atoms with van der Waals surface area (Å²) in [7, 11) is 2.07. The molecule has 36 heavy (non-hydrogen) atoms. The summed E-state index contributed by atoms with van der Waals surface area (Å²) >= 11 is 0. The Labute approximate surface area is 212 Å². The van der Waals surface area contributed by atoms with Gasteiger partial charge in [0, 0.05) is 36.1 Å². The van der Waals surface area contributed by atoms with Gasteiger partial charge in [-0.25, -0.2) is 4.39 Å². The number of nitriles is 1. The number of rotatable bonds is 7. The Morgan fingerprint density at radius 3 is 2.61 bits per heavy atom. The van der Waals surface area contributed by atoms with Crippen molar-refractivity contribution >= 4 is 30.1 Å². The summed E-state index contributed by atoms with van der Waals surface area (Å²) in [5.74, 6) is -0.275. The number of hydrogen-bond acceptors (Lipinski definition) is 7. The van der Waals surface area contributed by atoms with Gasteiger partial charge in [-0.3, -0.25) is 9.99 Å². The van der Waals surface area contributed by atoms with Crippen LogP contribution in [-0.4, -0.2) is 30.4 Å². The summed E-state index contributed by atoms with van der Waals surface area (Å²) in [5.41, 5.74) is 10.7. The molecule has 0 bridgehead atoms. The van der Waals surface area contributed by atoms with Gasteiger partial charge in [-0.1, -0.05) is 32.9 Å². The average Bonchev–Trinajstić information content (AvgIpc) is 3.57. The average molecular weight is 483 g/mol. The summed E-state index contributed by atoms with van der Waals surface area (Å²) in [6.45, 7) is 7.17. The Bertz CT molecular complexity index is 1360. The fourth-order valence-electron chi connectivity index (χ4n) is 4.40. The molecule has 2 aromatic carbocycles. The van der Waals surface area contributed by atoms with Crippen molar-refractivity contribution < 1.29 is 4.39 Å². The topological polar surface area (TPSA) is 88.0 Å². The largest absolute Gasteiger partial charge is 0.383 e. The molecule has 4 N–H and O–H groups in total. The molecule has 1 atom stereocenters. The van der Waals surface area contributed by atoms with E-state index < -0.39 is 5.44 Å². The minimum Gasteiger partial charge on any atom is -0.383 e. The summed E-state index contributed by atoms with van der Waals surface area (Å²) in [6, 6.07) is 15.3. The maximum atomic E-state index is 13.8. The van der Waals surface area contributed by atoms with Gasteiger partial charge >= 0.3 is 0 Å². The molecule has 5 rings (SSSR count). The van der Waals surface area contributed by atoms with Crippen LogP contribution in [0, 0.1) is 22.6 Å². The highest BCUT2D eigenvalue weighted by Gasteiger charge is 2.38. The molecule has 1 saturated carbocycles. The Kier molecular flexibility index (Phi) is 6.01. The fourth-order valence-corrected chi connectivity index (χ4v) is 4.40. The molecule has 184 valence electrons. The van der Waals surface area contributed by atoms with Crippen LogP contribution >= 0.6 is 0 Å². The number of pyridine rings is 1. The lowest BCUT2D eigenvalue weighted by atomic mass is 9.69. The Morgan fingerprint density at radius 2 is 1.94 bits per heavy atom. The van der Waals surface area contributed by atoms with Crippen molar-refractivity contribution in [1.82, 2.24) is 21.0 Å². The second-order valence-corrected chi connectivity index (χ2v) is 11.0. The predicted molar refractivity (Wildman–Crippen MR) is 144 cm³/mol.